The number of nitrogens with one attached hydrogen (secondary N) is 1. The molecule has 0 aromatic heterocycles. The van der Waals surface area contributed by atoms with Crippen molar-refractivity contribution in [3.63, 3.8) is 0 Å². The lowest BCUT2D eigenvalue weighted by molar-refractivity contribution is -0.145. The van der Waals surface area contributed by atoms with Crippen LogP contribution in [0.2, 0.25) is 0 Å². The van der Waals surface area contributed by atoms with Crippen LogP contribution < -0.4 is 26.3 Å². The number of aliphatic carboxylic acids is 2. The molecule has 1 aliphatic heterocycles. The van der Waals surface area contributed by atoms with Gasteiger partial charge in [0.2, 0.25) is 0 Å². The molecule has 0 bridgehead atoms. The fourth-order valence-corrected chi connectivity index (χ4v) is 3.88. The fraction of sp³-hybridized carbons (Fsp3) is 0.292. The maximum absolute atomic E-state index is 13.1. The summed E-state index contributed by atoms with van der Waals surface area (Å²) >= 11 is 0. The summed E-state index contributed by atoms with van der Waals surface area (Å²) in [4.78, 5) is 52.6. The van der Waals surface area contributed by atoms with Gasteiger partial charge in [0.05, 0.1) is 24.8 Å². The van der Waals surface area contributed by atoms with Crippen molar-refractivity contribution >= 4 is 35.5 Å². The molecular formula is C24H26N4O8. The molecule has 1 heterocycles. The van der Waals surface area contributed by atoms with Crippen LogP contribution in [0.15, 0.2) is 35.3 Å². The van der Waals surface area contributed by atoms with Crippen LogP contribution in [0.1, 0.15) is 51.1 Å². The van der Waals surface area contributed by atoms with Gasteiger partial charge >= 0.3 is 17.9 Å². The van der Waals surface area contributed by atoms with E-state index in [1.54, 1.807) is 18.2 Å². The third kappa shape index (κ3) is 6.29. The van der Waals surface area contributed by atoms with Gasteiger partial charge in [-0.2, -0.15) is 0 Å². The average molecular weight is 498 g/mol. The van der Waals surface area contributed by atoms with Crippen LogP contribution in [0.4, 0.5) is 5.69 Å². The number of aryl methyl sites for hydroxylation is 1. The minimum Gasteiger partial charge on any atom is -0.497 e. The van der Waals surface area contributed by atoms with Gasteiger partial charge in [-0.3, -0.25) is 9.59 Å². The molecule has 0 saturated heterocycles. The Kier molecular flexibility index (Phi) is 8.10. The van der Waals surface area contributed by atoms with Gasteiger partial charge in [-0.15, -0.1) is 0 Å². The highest BCUT2D eigenvalue weighted by atomic mass is 16.5. The van der Waals surface area contributed by atoms with E-state index in [0.717, 1.165) is 0 Å². The Morgan fingerprint density at radius 2 is 1.86 bits per heavy atom. The van der Waals surface area contributed by atoms with E-state index in [1.807, 2.05) is 0 Å². The number of carboxylic acid groups (broad SMARTS) is 2. The number of carbonyl (C=O) groups is 4. The highest BCUT2D eigenvalue weighted by Gasteiger charge is 2.27. The van der Waals surface area contributed by atoms with Crippen LogP contribution >= 0.6 is 0 Å². The third-order valence-corrected chi connectivity index (χ3v) is 5.54. The Morgan fingerprint density at radius 3 is 2.50 bits per heavy atom. The number of hydrogen-bond acceptors (Lipinski definition) is 7. The summed E-state index contributed by atoms with van der Waals surface area (Å²) in [6.45, 7) is 0. The van der Waals surface area contributed by atoms with Crippen molar-refractivity contribution in [2.45, 2.75) is 38.1 Å². The summed E-state index contributed by atoms with van der Waals surface area (Å²) in [5.41, 5.74) is 12.8. The van der Waals surface area contributed by atoms with E-state index in [9.17, 15) is 24.3 Å². The molecule has 1 aliphatic rings. The molecule has 1 amide bonds. The van der Waals surface area contributed by atoms with Crippen LogP contribution in [0.5, 0.6) is 11.5 Å². The minimum atomic E-state index is -1.65. The van der Waals surface area contributed by atoms with E-state index in [-0.39, 0.29) is 23.0 Å². The lowest BCUT2D eigenvalue weighted by Crippen LogP contribution is -2.42. The zero-order valence-electron chi connectivity index (χ0n) is 19.4. The van der Waals surface area contributed by atoms with Crippen molar-refractivity contribution in [2.75, 3.05) is 7.11 Å². The molecule has 2 aromatic rings. The minimum absolute atomic E-state index is 0.0256. The number of aliphatic imine (C=N–C) groups is 1. The molecular weight excluding hydrogens is 472 g/mol. The van der Waals surface area contributed by atoms with Gasteiger partial charge in [0.25, 0.3) is 5.91 Å². The molecule has 0 saturated carbocycles. The lowest BCUT2D eigenvalue weighted by Gasteiger charge is -2.20. The first kappa shape index (κ1) is 26.0. The van der Waals surface area contributed by atoms with Crippen molar-refractivity contribution in [2.24, 2.45) is 16.5 Å². The smallest absolute Gasteiger partial charge is 0.343 e. The van der Waals surface area contributed by atoms with Crippen LogP contribution in [-0.2, 0) is 22.4 Å². The number of guanidine groups is 1. The zero-order chi connectivity index (χ0) is 26.4. The number of nitrogens with zero attached hydrogens (tertiary/aromatic N) is 1. The monoisotopic (exact) mass is 498 g/mol. The first-order chi connectivity index (χ1) is 17.1. The predicted molar refractivity (Wildman–Crippen MR) is 128 cm³/mol. The summed E-state index contributed by atoms with van der Waals surface area (Å²) in [6, 6.07) is 6.04. The third-order valence-electron chi connectivity index (χ3n) is 5.54. The van der Waals surface area contributed by atoms with Crippen molar-refractivity contribution in [3.8, 4) is 11.5 Å². The van der Waals surface area contributed by atoms with Crippen molar-refractivity contribution in [3.05, 3.63) is 52.6 Å². The number of rotatable bonds is 7. The van der Waals surface area contributed by atoms with Crippen LogP contribution in [0.25, 0.3) is 0 Å². The number of benzene rings is 2. The Morgan fingerprint density at radius 1 is 1.14 bits per heavy atom. The number of amides is 1. The van der Waals surface area contributed by atoms with Crippen LogP contribution in [0, 0.1) is 0 Å². The first-order valence-corrected chi connectivity index (χ1v) is 11.0. The van der Waals surface area contributed by atoms with Gasteiger partial charge in [0.1, 0.15) is 17.5 Å². The van der Waals surface area contributed by atoms with E-state index < -0.39 is 36.3 Å². The number of ether oxygens (including phenoxy) is 2. The first-order valence-electron chi connectivity index (χ1n) is 11.0. The second-order valence-electron chi connectivity index (χ2n) is 8.09. The lowest BCUT2D eigenvalue weighted by atomic mass is 9.95. The molecule has 2 aromatic carbocycles. The second-order valence-corrected chi connectivity index (χ2v) is 8.09. The Labute approximate surface area is 205 Å². The Hall–Kier alpha value is -4.61. The second kappa shape index (κ2) is 11.2. The summed E-state index contributed by atoms with van der Waals surface area (Å²) in [6.07, 6.45) is 1.29. The molecule has 0 spiro atoms. The number of nitrogens with two attached hydrogens (primary N) is 2. The van der Waals surface area contributed by atoms with E-state index in [4.69, 9.17) is 26.0 Å². The highest BCUT2D eigenvalue weighted by Crippen LogP contribution is 2.33. The molecule has 0 unspecified atom stereocenters. The van der Waals surface area contributed by atoms with Gasteiger partial charge in [-0.25, -0.2) is 14.6 Å². The molecule has 0 fully saturated rings. The maximum atomic E-state index is 13.1. The summed E-state index contributed by atoms with van der Waals surface area (Å²) in [7, 11) is 1.36. The van der Waals surface area contributed by atoms with E-state index >= 15 is 0 Å². The van der Waals surface area contributed by atoms with Gasteiger partial charge in [0.15, 0.2) is 5.96 Å². The standard InChI is InChI=1S/C24H26N4O8/c1-35-14-9-17(21(31)28-18(22(32)33)11-20(29)30)16-5-3-2-4-12-8-13(27-24(25)26)6-7-15(12)23(34)36-19(16)10-14/h6-10,18H,2-5,11H2,1H3,(H,28,31)(H,29,30)(H,32,33)(H4,25,26,27)/t18-/m0/s1. The number of esters is 1. The van der Waals surface area contributed by atoms with Crippen LogP contribution in [-0.4, -0.2) is 53.1 Å². The Bertz CT molecular complexity index is 1240. The normalized spacial score (nSPS) is 13.8. The van der Waals surface area contributed by atoms with Gasteiger partial charge in [0, 0.05) is 17.2 Å². The number of methoxy groups -OCH3 is 1. The zero-order valence-corrected chi connectivity index (χ0v) is 19.4. The van der Waals surface area contributed by atoms with E-state index in [2.05, 4.69) is 10.3 Å². The molecule has 12 heteroatoms. The predicted octanol–water partition coefficient (Wildman–Crippen LogP) is 1.36. The molecule has 3 rings (SSSR count). The van der Waals surface area contributed by atoms with Crippen LogP contribution in [0.3, 0.4) is 0 Å². The summed E-state index contributed by atoms with van der Waals surface area (Å²) in [5.74, 6) is -4.21. The van der Waals surface area contributed by atoms with Gasteiger partial charge in [-0.05, 0) is 55.5 Å². The molecule has 0 radical (unpaired) electrons. The van der Waals surface area contributed by atoms with E-state index in [0.29, 0.717) is 48.1 Å². The molecule has 36 heavy (non-hydrogen) atoms. The molecule has 1 atom stereocenters. The van der Waals surface area contributed by atoms with Gasteiger partial charge in [-0.1, -0.05) is 0 Å². The topological polar surface area (TPSA) is 204 Å². The number of fused-ring (bicyclic) bond motifs is 2. The summed E-state index contributed by atoms with van der Waals surface area (Å²) < 4.78 is 10.9. The number of carbonyl (C=O) groups excluding carboxylic acids is 2. The Balaban J connectivity index is 2.01. The molecule has 7 N–H and O–H groups in total. The number of hydrogen-bond donors (Lipinski definition) is 5. The van der Waals surface area contributed by atoms with Crippen molar-refractivity contribution in [1.29, 1.82) is 0 Å². The quantitative estimate of drug-likeness (QED) is 0.160. The SMILES string of the molecule is COc1cc2c(c(C(=O)N[C@@H](CC(=O)O)C(=O)O)c1)CCCCc1cc(N=C(N)N)ccc1C(=O)O2. The number of carboxylic acids is 2. The maximum Gasteiger partial charge on any atom is 0.343 e. The fourth-order valence-electron chi connectivity index (χ4n) is 3.88. The highest BCUT2D eigenvalue weighted by molar-refractivity contribution is 6.00. The largest absolute Gasteiger partial charge is 0.497 e. The molecule has 190 valence electrons. The average Bonchev–Trinajstić information content (AvgIpc) is 2.80. The van der Waals surface area contributed by atoms with Gasteiger partial charge < -0.3 is 36.5 Å². The molecule has 0 aliphatic carbocycles. The van der Waals surface area contributed by atoms with Crippen molar-refractivity contribution < 1.29 is 38.9 Å². The van der Waals surface area contributed by atoms with E-state index in [1.165, 1.54) is 19.2 Å². The molecule has 12 nitrogen and oxygen atoms in total. The summed E-state index contributed by atoms with van der Waals surface area (Å²) in [5, 5.41) is 20.5. The van der Waals surface area contributed by atoms with Crippen molar-refractivity contribution in [1.82, 2.24) is 5.32 Å².